The second-order valence-corrected chi connectivity index (χ2v) is 4.66. The molecule has 1 aromatic heterocycles. The Morgan fingerprint density at radius 1 is 1.52 bits per heavy atom. The SMILES string of the molecule is Cc1c(Cl)c(C(=O)Nc2ccc([N+](=O)[O-])cc2O)nn1C. The van der Waals surface area contributed by atoms with Gasteiger partial charge in [-0.25, -0.2) is 0 Å². The quantitative estimate of drug-likeness (QED) is 0.513. The number of phenols is 1. The van der Waals surface area contributed by atoms with Crippen LogP contribution in [0.4, 0.5) is 11.4 Å². The van der Waals surface area contributed by atoms with Gasteiger partial charge in [0.05, 0.1) is 27.4 Å². The Morgan fingerprint density at radius 3 is 2.67 bits per heavy atom. The predicted octanol–water partition coefficient (Wildman–Crippen LogP) is 2.25. The summed E-state index contributed by atoms with van der Waals surface area (Å²) >= 11 is 5.99. The van der Waals surface area contributed by atoms with Crippen LogP contribution in [-0.4, -0.2) is 25.7 Å². The first-order valence-electron chi connectivity index (χ1n) is 5.79. The van der Waals surface area contributed by atoms with Gasteiger partial charge in [0.25, 0.3) is 11.6 Å². The van der Waals surface area contributed by atoms with E-state index in [1.165, 1.54) is 16.8 Å². The minimum absolute atomic E-state index is 0.00872. The van der Waals surface area contributed by atoms with Crippen molar-refractivity contribution in [2.45, 2.75) is 6.92 Å². The van der Waals surface area contributed by atoms with Crippen LogP contribution in [0.2, 0.25) is 5.02 Å². The molecule has 0 radical (unpaired) electrons. The molecule has 0 aliphatic carbocycles. The van der Waals surface area contributed by atoms with Gasteiger partial charge in [-0.2, -0.15) is 5.10 Å². The molecule has 2 rings (SSSR count). The van der Waals surface area contributed by atoms with Gasteiger partial charge < -0.3 is 10.4 Å². The van der Waals surface area contributed by atoms with Gasteiger partial charge in [0.2, 0.25) is 0 Å². The Bertz CT molecular complexity index is 741. The molecule has 8 nitrogen and oxygen atoms in total. The smallest absolute Gasteiger partial charge is 0.277 e. The largest absolute Gasteiger partial charge is 0.506 e. The standard InChI is InChI=1S/C12H11ClN4O4/c1-6-10(13)11(15-16(6)2)12(19)14-8-4-3-7(17(20)21)5-9(8)18/h3-5,18H,1-2H3,(H,14,19). The van der Waals surface area contributed by atoms with E-state index >= 15 is 0 Å². The van der Waals surface area contributed by atoms with Crippen LogP contribution in [0.1, 0.15) is 16.2 Å². The van der Waals surface area contributed by atoms with Gasteiger partial charge in [0.1, 0.15) is 5.75 Å². The summed E-state index contributed by atoms with van der Waals surface area (Å²) in [7, 11) is 1.64. The van der Waals surface area contributed by atoms with E-state index in [4.69, 9.17) is 11.6 Å². The number of carbonyl (C=O) groups is 1. The highest BCUT2D eigenvalue weighted by Crippen LogP contribution is 2.29. The van der Waals surface area contributed by atoms with Crippen molar-refractivity contribution in [3.8, 4) is 5.75 Å². The van der Waals surface area contributed by atoms with Crippen molar-refractivity contribution < 1.29 is 14.8 Å². The molecule has 110 valence electrons. The maximum atomic E-state index is 12.1. The monoisotopic (exact) mass is 310 g/mol. The molecule has 0 fully saturated rings. The number of hydrogen-bond acceptors (Lipinski definition) is 5. The summed E-state index contributed by atoms with van der Waals surface area (Å²) in [4.78, 5) is 22.0. The number of phenolic OH excluding ortho intramolecular Hbond substituents is 1. The van der Waals surface area contributed by atoms with E-state index in [1.807, 2.05) is 0 Å². The number of aromatic hydroxyl groups is 1. The van der Waals surface area contributed by atoms with Crippen molar-refractivity contribution in [1.82, 2.24) is 9.78 Å². The summed E-state index contributed by atoms with van der Waals surface area (Å²) in [6, 6.07) is 3.34. The molecule has 1 amide bonds. The number of benzene rings is 1. The van der Waals surface area contributed by atoms with Crippen molar-refractivity contribution in [3.63, 3.8) is 0 Å². The van der Waals surface area contributed by atoms with E-state index < -0.39 is 16.6 Å². The van der Waals surface area contributed by atoms with Crippen LogP contribution in [0, 0.1) is 17.0 Å². The maximum absolute atomic E-state index is 12.1. The lowest BCUT2D eigenvalue weighted by atomic mass is 10.2. The number of nitro benzene ring substituents is 1. The third kappa shape index (κ3) is 2.79. The molecule has 0 saturated carbocycles. The molecule has 1 heterocycles. The second-order valence-electron chi connectivity index (χ2n) is 4.28. The third-order valence-electron chi connectivity index (χ3n) is 2.92. The first kappa shape index (κ1) is 14.8. The number of halogens is 1. The summed E-state index contributed by atoms with van der Waals surface area (Å²) in [6.07, 6.45) is 0. The highest BCUT2D eigenvalue weighted by Gasteiger charge is 2.20. The summed E-state index contributed by atoms with van der Waals surface area (Å²) in [5.41, 5.74) is 0.381. The molecule has 0 aliphatic heterocycles. The minimum Gasteiger partial charge on any atom is -0.506 e. The van der Waals surface area contributed by atoms with Gasteiger partial charge in [-0.3, -0.25) is 19.6 Å². The minimum atomic E-state index is -0.649. The van der Waals surface area contributed by atoms with E-state index in [9.17, 15) is 20.0 Å². The average molecular weight is 311 g/mol. The first-order valence-corrected chi connectivity index (χ1v) is 6.17. The van der Waals surface area contributed by atoms with Crippen LogP contribution < -0.4 is 5.32 Å². The lowest BCUT2D eigenvalue weighted by Gasteiger charge is -2.05. The van der Waals surface area contributed by atoms with Crippen molar-refractivity contribution in [3.05, 3.63) is 44.7 Å². The van der Waals surface area contributed by atoms with Gasteiger partial charge in [0.15, 0.2) is 5.69 Å². The third-order valence-corrected chi connectivity index (χ3v) is 3.37. The number of anilines is 1. The van der Waals surface area contributed by atoms with Gasteiger partial charge in [-0.05, 0) is 13.0 Å². The second kappa shape index (κ2) is 5.41. The number of amides is 1. The van der Waals surface area contributed by atoms with Crippen LogP contribution in [0.3, 0.4) is 0 Å². The zero-order chi connectivity index (χ0) is 15.7. The van der Waals surface area contributed by atoms with Crippen molar-refractivity contribution in [2.24, 2.45) is 7.05 Å². The lowest BCUT2D eigenvalue weighted by molar-refractivity contribution is -0.384. The van der Waals surface area contributed by atoms with Crippen LogP contribution in [0.5, 0.6) is 5.75 Å². The number of rotatable bonds is 3. The van der Waals surface area contributed by atoms with Crippen LogP contribution in [0.15, 0.2) is 18.2 Å². The average Bonchev–Trinajstić information content (AvgIpc) is 2.68. The molecular weight excluding hydrogens is 300 g/mol. The Kier molecular flexibility index (Phi) is 3.81. The van der Waals surface area contributed by atoms with E-state index in [0.717, 1.165) is 6.07 Å². The fraction of sp³-hybridized carbons (Fsp3) is 0.167. The molecule has 0 bridgehead atoms. The van der Waals surface area contributed by atoms with E-state index in [2.05, 4.69) is 10.4 Å². The molecule has 2 N–H and O–H groups in total. The highest BCUT2D eigenvalue weighted by molar-refractivity contribution is 6.34. The molecule has 0 unspecified atom stereocenters. The van der Waals surface area contributed by atoms with Gasteiger partial charge in [-0.15, -0.1) is 0 Å². The van der Waals surface area contributed by atoms with Crippen LogP contribution in [-0.2, 0) is 7.05 Å². The molecule has 1 aromatic carbocycles. The molecule has 0 atom stereocenters. The Morgan fingerprint density at radius 2 is 2.19 bits per heavy atom. The first-order chi connectivity index (χ1) is 9.81. The molecule has 2 aromatic rings. The maximum Gasteiger partial charge on any atom is 0.277 e. The van der Waals surface area contributed by atoms with E-state index in [0.29, 0.717) is 5.69 Å². The molecule has 21 heavy (non-hydrogen) atoms. The lowest BCUT2D eigenvalue weighted by Crippen LogP contribution is -2.13. The van der Waals surface area contributed by atoms with Gasteiger partial charge in [-0.1, -0.05) is 11.6 Å². The molecule has 0 saturated heterocycles. The highest BCUT2D eigenvalue weighted by atomic mass is 35.5. The molecule has 0 aliphatic rings. The number of hydrogen-bond donors (Lipinski definition) is 2. The van der Waals surface area contributed by atoms with Crippen LogP contribution in [0.25, 0.3) is 0 Å². The number of aryl methyl sites for hydroxylation is 1. The van der Waals surface area contributed by atoms with Crippen molar-refractivity contribution in [2.75, 3.05) is 5.32 Å². The zero-order valence-electron chi connectivity index (χ0n) is 11.1. The summed E-state index contributed by atoms with van der Waals surface area (Å²) < 4.78 is 1.45. The Balaban J connectivity index is 2.27. The summed E-state index contributed by atoms with van der Waals surface area (Å²) in [5, 5.41) is 26.8. The molecule has 9 heteroatoms. The molecule has 0 spiro atoms. The van der Waals surface area contributed by atoms with Gasteiger partial charge in [0, 0.05) is 13.1 Å². The fourth-order valence-electron chi connectivity index (χ4n) is 1.65. The number of aromatic nitrogens is 2. The summed E-state index contributed by atoms with van der Waals surface area (Å²) in [5.74, 6) is -1.03. The molecular formula is C12H11ClN4O4. The number of nitrogens with zero attached hydrogens (tertiary/aromatic N) is 3. The van der Waals surface area contributed by atoms with E-state index in [-0.39, 0.29) is 22.1 Å². The number of carbonyl (C=O) groups excluding carboxylic acids is 1. The summed E-state index contributed by atoms with van der Waals surface area (Å²) in [6.45, 7) is 1.70. The number of nitro groups is 1. The Hall–Kier alpha value is -2.61. The normalized spacial score (nSPS) is 10.4. The van der Waals surface area contributed by atoms with Crippen molar-refractivity contribution >= 4 is 28.9 Å². The fourth-order valence-corrected chi connectivity index (χ4v) is 1.89. The topological polar surface area (TPSA) is 110 Å². The predicted molar refractivity (Wildman–Crippen MR) is 75.7 cm³/mol. The van der Waals surface area contributed by atoms with E-state index in [1.54, 1.807) is 14.0 Å². The van der Waals surface area contributed by atoms with Gasteiger partial charge >= 0.3 is 0 Å². The zero-order valence-corrected chi connectivity index (χ0v) is 11.9. The Labute approximate surface area is 124 Å². The van der Waals surface area contributed by atoms with Crippen molar-refractivity contribution in [1.29, 1.82) is 0 Å². The van der Waals surface area contributed by atoms with Crippen LogP contribution >= 0.6 is 11.6 Å². The number of nitrogens with one attached hydrogen (secondary N) is 1. The number of non-ortho nitro benzene ring substituents is 1.